The van der Waals surface area contributed by atoms with E-state index in [0.29, 0.717) is 12.6 Å². The Kier molecular flexibility index (Phi) is 4.86. The van der Waals surface area contributed by atoms with Crippen molar-refractivity contribution in [2.45, 2.75) is 58.5 Å². The van der Waals surface area contributed by atoms with Gasteiger partial charge in [0.05, 0.1) is 12.3 Å². The maximum atomic E-state index is 5.19. The summed E-state index contributed by atoms with van der Waals surface area (Å²) >= 11 is 0. The van der Waals surface area contributed by atoms with Gasteiger partial charge in [-0.2, -0.15) is 0 Å². The Bertz CT molecular complexity index is 402. The fourth-order valence-corrected chi connectivity index (χ4v) is 3.10. The van der Waals surface area contributed by atoms with Crippen LogP contribution >= 0.6 is 0 Å². The summed E-state index contributed by atoms with van der Waals surface area (Å²) in [4.78, 5) is 4.64. The number of hydrogen-bond donors (Lipinski definition) is 1. The van der Waals surface area contributed by atoms with Gasteiger partial charge in [0, 0.05) is 25.4 Å². The lowest BCUT2D eigenvalue weighted by atomic mass is 9.86. The highest BCUT2D eigenvalue weighted by Crippen LogP contribution is 2.35. The lowest BCUT2D eigenvalue weighted by Gasteiger charge is -2.31. The molecule has 108 valence electrons. The Labute approximate surface area is 116 Å². The second-order valence-corrected chi connectivity index (χ2v) is 5.94. The van der Waals surface area contributed by atoms with Gasteiger partial charge in [0.2, 0.25) is 5.95 Å². The summed E-state index contributed by atoms with van der Waals surface area (Å²) in [6.45, 7) is 7.26. The van der Waals surface area contributed by atoms with Crippen LogP contribution in [0.3, 0.4) is 0 Å². The van der Waals surface area contributed by atoms with Crippen LogP contribution in [-0.2, 0) is 4.74 Å². The molecule has 0 bridgehead atoms. The summed E-state index contributed by atoms with van der Waals surface area (Å²) in [6, 6.07) is 0.872. The molecule has 1 aromatic heterocycles. The highest BCUT2D eigenvalue weighted by Gasteiger charge is 2.25. The average Bonchev–Trinajstić information content (AvgIpc) is 2.71. The van der Waals surface area contributed by atoms with Crippen molar-refractivity contribution in [2.24, 2.45) is 5.92 Å². The van der Waals surface area contributed by atoms with Crippen molar-refractivity contribution in [1.82, 2.24) is 9.55 Å². The second-order valence-electron chi connectivity index (χ2n) is 5.94. The molecule has 0 spiro atoms. The standard InChI is InChI=1S/C15H27N3O/c1-11-7-5-6-8-14(11)18-9-12(2)16-15(18)17-13(3)10-19-4/h9,11,13-14H,5-8,10H2,1-4H3,(H,16,17). The molecule has 2 rings (SSSR count). The number of methoxy groups -OCH3 is 1. The molecule has 0 radical (unpaired) electrons. The third kappa shape index (κ3) is 3.50. The molecule has 1 saturated carbocycles. The van der Waals surface area contributed by atoms with Gasteiger partial charge in [0.15, 0.2) is 0 Å². The van der Waals surface area contributed by atoms with Gasteiger partial charge >= 0.3 is 0 Å². The molecule has 19 heavy (non-hydrogen) atoms. The highest BCUT2D eigenvalue weighted by atomic mass is 16.5. The van der Waals surface area contributed by atoms with Crippen molar-refractivity contribution < 1.29 is 4.74 Å². The fraction of sp³-hybridized carbons (Fsp3) is 0.800. The predicted molar refractivity (Wildman–Crippen MR) is 78.6 cm³/mol. The maximum absolute atomic E-state index is 5.19. The first-order chi connectivity index (χ1) is 9.11. The highest BCUT2D eigenvalue weighted by molar-refractivity contribution is 5.31. The van der Waals surface area contributed by atoms with E-state index in [1.165, 1.54) is 25.7 Å². The van der Waals surface area contributed by atoms with Crippen LogP contribution in [-0.4, -0.2) is 29.3 Å². The number of anilines is 1. The number of aromatic nitrogens is 2. The predicted octanol–water partition coefficient (Wildman–Crippen LogP) is 3.39. The van der Waals surface area contributed by atoms with Crippen molar-refractivity contribution >= 4 is 5.95 Å². The third-order valence-electron chi connectivity index (χ3n) is 4.07. The Morgan fingerprint density at radius 1 is 1.47 bits per heavy atom. The second kappa shape index (κ2) is 6.42. The van der Waals surface area contributed by atoms with Gasteiger partial charge in [-0.1, -0.05) is 19.8 Å². The normalized spacial score (nSPS) is 25.3. The van der Waals surface area contributed by atoms with Crippen molar-refractivity contribution in [1.29, 1.82) is 0 Å². The molecule has 1 aliphatic rings. The number of hydrogen-bond acceptors (Lipinski definition) is 3. The smallest absolute Gasteiger partial charge is 0.203 e. The van der Waals surface area contributed by atoms with Gasteiger partial charge in [-0.25, -0.2) is 4.98 Å². The number of ether oxygens (including phenoxy) is 1. The Morgan fingerprint density at radius 3 is 2.89 bits per heavy atom. The van der Waals surface area contributed by atoms with E-state index in [2.05, 4.69) is 41.8 Å². The van der Waals surface area contributed by atoms with Crippen LogP contribution in [0, 0.1) is 12.8 Å². The number of rotatable bonds is 5. The molecule has 0 amide bonds. The summed E-state index contributed by atoms with van der Waals surface area (Å²) < 4.78 is 7.54. The van der Waals surface area contributed by atoms with E-state index in [9.17, 15) is 0 Å². The molecule has 4 nitrogen and oxygen atoms in total. The molecule has 1 fully saturated rings. The van der Waals surface area contributed by atoms with E-state index in [1.54, 1.807) is 7.11 Å². The number of nitrogens with zero attached hydrogens (tertiary/aromatic N) is 2. The van der Waals surface area contributed by atoms with Gasteiger partial charge in [-0.05, 0) is 32.6 Å². The molecular weight excluding hydrogens is 238 g/mol. The summed E-state index contributed by atoms with van der Waals surface area (Å²) in [5, 5.41) is 3.48. The van der Waals surface area contributed by atoms with E-state index in [0.717, 1.165) is 17.6 Å². The monoisotopic (exact) mass is 265 g/mol. The van der Waals surface area contributed by atoms with Crippen molar-refractivity contribution in [2.75, 3.05) is 19.0 Å². The van der Waals surface area contributed by atoms with E-state index >= 15 is 0 Å². The lowest BCUT2D eigenvalue weighted by molar-refractivity contribution is 0.189. The molecule has 0 aliphatic heterocycles. The minimum Gasteiger partial charge on any atom is -0.383 e. The molecule has 0 saturated heterocycles. The first kappa shape index (κ1) is 14.4. The van der Waals surface area contributed by atoms with Gasteiger partial charge in [-0.15, -0.1) is 0 Å². The minimum absolute atomic E-state index is 0.282. The maximum Gasteiger partial charge on any atom is 0.203 e. The van der Waals surface area contributed by atoms with Gasteiger partial charge in [-0.3, -0.25) is 0 Å². The lowest BCUT2D eigenvalue weighted by Crippen LogP contribution is -2.26. The van der Waals surface area contributed by atoms with Gasteiger partial charge in [0.25, 0.3) is 0 Å². The molecular formula is C15H27N3O. The Hall–Kier alpha value is -1.03. The van der Waals surface area contributed by atoms with Gasteiger partial charge in [0.1, 0.15) is 0 Å². The number of imidazole rings is 1. The van der Waals surface area contributed by atoms with Crippen LogP contribution < -0.4 is 5.32 Å². The SMILES string of the molecule is COCC(C)Nc1nc(C)cn1C1CCCCC1C. The minimum atomic E-state index is 0.282. The topological polar surface area (TPSA) is 39.1 Å². The largest absolute Gasteiger partial charge is 0.383 e. The zero-order chi connectivity index (χ0) is 13.8. The van der Waals surface area contributed by atoms with Crippen LogP contribution in [0.5, 0.6) is 0 Å². The zero-order valence-corrected chi connectivity index (χ0v) is 12.6. The third-order valence-corrected chi connectivity index (χ3v) is 4.07. The quantitative estimate of drug-likeness (QED) is 0.887. The van der Waals surface area contributed by atoms with E-state index in [4.69, 9.17) is 4.74 Å². The molecule has 4 heteroatoms. The van der Waals surface area contributed by atoms with Crippen LogP contribution in [0.4, 0.5) is 5.95 Å². The zero-order valence-electron chi connectivity index (χ0n) is 12.6. The number of nitrogens with one attached hydrogen (secondary N) is 1. The first-order valence-corrected chi connectivity index (χ1v) is 7.42. The Morgan fingerprint density at radius 2 is 2.21 bits per heavy atom. The first-order valence-electron chi connectivity index (χ1n) is 7.42. The summed E-state index contributed by atoms with van der Waals surface area (Å²) in [5.41, 5.74) is 1.09. The molecule has 1 aliphatic carbocycles. The summed E-state index contributed by atoms with van der Waals surface area (Å²) in [7, 11) is 1.74. The summed E-state index contributed by atoms with van der Waals surface area (Å²) in [6.07, 6.45) is 7.49. The van der Waals surface area contributed by atoms with Crippen molar-refractivity contribution in [3.05, 3.63) is 11.9 Å². The van der Waals surface area contributed by atoms with Crippen LogP contribution in [0.15, 0.2) is 6.20 Å². The van der Waals surface area contributed by atoms with Crippen LogP contribution in [0.1, 0.15) is 51.3 Å². The number of aryl methyl sites for hydroxylation is 1. The molecule has 1 aromatic rings. The van der Waals surface area contributed by atoms with Gasteiger partial charge < -0.3 is 14.6 Å². The van der Waals surface area contributed by atoms with Crippen LogP contribution in [0.25, 0.3) is 0 Å². The van der Waals surface area contributed by atoms with E-state index in [1.807, 2.05) is 0 Å². The molecule has 1 heterocycles. The summed E-state index contributed by atoms with van der Waals surface area (Å²) in [5.74, 6) is 1.74. The molecule has 1 N–H and O–H groups in total. The van der Waals surface area contributed by atoms with E-state index in [-0.39, 0.29) is 6.04 Å². The molecule has 0 aromatic carbocycles. The fourth-order valence-electron chi connectivity index (χ4n) is 3.10. The van der Waals surface area contributed by atoms with Crippen LogP contribution in [0.2, 0.25) is 0 Å². The van der Waals surface area contributed by atoms with E-state index < -0.39 is 0 Å². The molecule has 3 atom stereocenters. The van der Waals surface area contributed by atoms with Crippen molar-refractivity contribution in [3.8, 4) is 0 Å². The molecule has 3 unspecified atom stereocenters. The average molecular weight is 265 g/mol. The van der Waals surface area contributed by atoms with Crippen molar-refractivity contribution in [3.63, 3.8) is 0 Å². The Balaban J connectivity index is 2.15.